The highest BCUT2D eigenvalue weighted by Crippen LogP contribution is 2.37. The first-order chi connectivity index (χ1) is 17.1. The summed E-state index contributed by atoms with van der Waals surface area (Å²) < 4.78 is 7.98. The zero-order valence-corrected chi connectivity index (χ0v) is 19.6. The van der Waals surface area contributed by atoms with Gasteiger partial charge in [-0.2, -0.15) is 0 Å². The second-order valence-electron chi connectivity index (χ2n) is 8.64. The molecule has 1 aromatic heterocycles. The molecule has 0 saturated carbocycles. The summed E-state index contributed by atoms with van der Waals surface area (Å²) in [6.45, 7) is 0.799. The Bertz CT molecular complexity index is 1480. The Kier molecular flexibility index (Phi) is 6.36. The summed E-state index contributed by atoms with van der Waals surface area (Å²) in [6, 6.07) is 33.3. The predicted octanol–water partition coefficient (Wildman–Crippen LogP) is 7.05. The van der Waals surface area contributed by atoms with Gasteiger partial charge in [-0.15, -0.1) is 0 Å². The molecule has 1 N–H and O–H groups in total. The first-order valence-corrected chi connectivity index (χ1v) is 11.7. The van der Waals surface area contributed by atoms with Crippen LogP contribution in [0.15, 0.2) is 103 Å². The molecule has 0 radical (unpaired) electrons. The Morgan fingerprint density at radius 2 is 1.63 bits per heavy atom. The summed E-state index contributed by atoms with van der Waals surface area (Å²) in [5, 5.41) is 10.4. The van der Waals surface area contributed by atoms with Crippen LogP contribution in [0.3, 0.4) is 0 Å². The van der Waals surface area contributed by atoms with Gasteiger partial charge in [0, 0.05) is 35.7 Å². The van der Waals surface area contributed by atoms with Crippen molar-refractivity contribution in [2.45, 2.75) is 19.4 Å². The van der Waals surface area contributed by atoms with Crippen LogP contribution in [-0.4, -0.2) is 22.8 Å². The van der Waals surface area contributed by atoms with Gasteiger partial charge in [-0.3, -0.25) is 4.79 Å². The number of aromatic nitrogens is 1. The standard InChI is InChI=1S/C31H27NO3/c1-35-28-15-7-10-23(16-17-29(33)34)30(28)26-13-5-12-25(20-26)27-14-6-11-24-18-19-32(31(24)27)21-22-8-3-2-4-9-22/h2-15,18-20H,16-17,21H2,1H3,(H,33,34). The molecule has 0 bridgehead atoms. The van der Waals surface area contributed by atoms with Gasteiger partial charge in [0.05, 0.1) is 12.6 Å². The number of fused-ring (bicyclic) bond motifs is 1. The molecule has 174 valence electrons. The quantitative estimate of drug-likeness (QED) is 0.269. The van der Waals surface area contributed by atoms with E-state index in [1.54, 1.807) is 7.11 Å². The van der Waals surface area contributed by atoms with Crippen molar-refractivity contribution in [3.8, 4) is 28.0 Å². The molecule has 0 aliphatic carbocycles. The predicted molar refractivity (Wildman–Crippen MR) is 141 cm³/mol. The van der Waals surface area contributed by atoms with Crippen LogP contribution in [0.2, 0.25) is 0 Å². The number of hydrogen-bond acceptors (Lipinski definition) is 2. The van der Waals surface area contributed by atoms with Crippen LogP contribution in [-0.2, 0) is 17.8 Å². The van der Waals surface area contributed by atoms with Crippen molar-refractivity contribution >= 4 is 16.9 Å². The van der Waals surface area contributed by atoms with Crippen molar-refractivity contribution in [3.63, 3.8) is 0 Å². The minimum Gasteiger partial charge on any atom is -0.496 e. The maximum absolute atomic E-state index is 11.2. The zero-order chi connectivity index (χ0) is 24.2. The van der Waals surface area contributed by atoms with Crippen LogP contribution in [0, 0.1) is 0 Å². The molecule has 0 aliphatic heterocycles. The summed E-state index contributed by atoms with van der Waals surface area (Å²) in [5.41, 5.74) is 7.65. The number of carboxylic acid groups (broad SMARTS) is 1. The van der Waals surface area contributed by atoms with Gasteiger partial charge < -0.3 is 14.4 Å². The fraction of sp³-hybridized carbons (Fsp3) is 0.129. The number of aryl methyl sites for hydroxylation is 1. The summed E-state index contributed by atoms with van der Waals surface area (Å²) in [7, 11) is 1.65. The first kappa shape index (κ1) is 22.5. The van der Waals surface area contributed by atoms with Gasteiger partial charge in [-0.05, 0) is 46.9 Å². The highest BCUT2D eigenvalue weighted by molar-refractivity contribution is 5.95. The smallest absolute Gasteiger partial charge is 0.303 e. The van der Waals surface area contributed by atoms with Crippen LogP contribution in [0.1, 0.15) is 17.5 Å². The average Bonchev–Trinajstić information content (AvgIpc) is 3.30. The van der Waals surface area contributed by atoms with Gasteiger partial charge in [0.1, 0.15) is 5.75 Å². The number of carboxylic acids is 1. The SMILES string of the molecule is COc1cccc(CCC(=O)O)c1-c1cccc(-c2cccc3ccn(Cc4ccccc4)c23)c1. The molecule has 4 heteroatoms. The van der Waals surface area contributed by atoms with Gasteiger partial charge in [-0.1, -0.05) is 78.9 Å². The van der Waals surface area contributed by atoms with Gasteiger partial charge in [0.2, 0.25) is 0 Å². The molecular formula is C31H27NO3. The number of rotatable bonds is 8. The van der Waals surface area contributed by atoms with E-state index < -0.39 is 5.97 Å². The van der Waals surface area contributed by atoms with Crippen LogP contribution in [0.5, 0.6) is 5.75 Å². The first-order valence-electron chi connectivity index (χ1n) is 11.7. The largest absolute Gasteiger partial charge is 0.496 e. The molecule has 4 nitrogen and oxygen atoms in total. The van der Waals surface area contributed by atoms with Crippen molar-refractivity contribution in [3.05, 3.63) is 114 Å². The van der Waals surface area contributed by atoms with Gasteiger partial charge in [0.15, 0.2) is 0 Å². The minimum absolute atomic E-state index is 0.0756. The molecule has 35 heavy (non-hydrogen) atoms. The van der Waals surface area contributed by atoms with E-state index in [2.05, 4.69) is 83.6 Å². The number of para-hydroxylation sites is 1. The van der Waals surface area contributed by atoms with Crippen LogP contribution in [0.25, 0.3) is 33.2 Å². The molecule has 0 saturated heterocycles. The molecule has 0 fully saturated rings. The molecule has 5 rings (SSSR count). The number of methoxy groups -OCH3 is 1. The summed E-state index contributed by atoms with van der Waals surface area (Å²) in [6.07, 6.45) is 2.67. The topological polar surface area (TPSA) is 51.5 Å². The monoisotopic (exact) mass is 461 g/mol. The lowest BCUT2D eigenvalue weighted by Crippen LogP contribution is -2.01. The normalized spacial score (nSPS) is 11.0. The highest BCUT2D eigenvalue weighted by Gasteiger charge is 2.15. The molecule has 4 aromatic carbocycles. The van der Waals surface area contributed by atoms with Gasteiger partial charge >= 0.3 is 5.97 Å². The molecule has 1 heterocycles. The third-order valence-electron chi connectivity index (χ3n) is 6.39. The molecule has 0 atom stereocenters. The number of hydrogen-bond donors (Lipinski definition) is 1. The lowest BCUT2D eigenvalue weighted by atomic mass is 9.92. The van der Waals surface area contributed by atoms with Crippen LogP contribution < -0.4 is 4.74 Å². The average molecular weight is 462 g/mol. The van der Waals surface area contributed by atoms with E-state index in [9.17, 15) is 9.90 Å². The van der Waals surface area contributed by atoms with Crippen molar-refractivity contribution < 1.29 is 14.6 Å². The van der Waals surface area contributed by atoms with Crippen molar-refractivity contribution in [2.75, 3.05) is 7.11 Å². The Morgan fingerprint density at radius 1 is 0.857 bits per heavy atom. The van der Waals surface area contributed by atoms with Gasteiger partial charge in [-0.25, -0.2) is 0 Å². The molecule has 0 spiro atoms. The van der Waals surface area contributed by atoms with Crippen molar-refractivity contribution in [1.82, 2.24) is 4.57 Å². The molecule has 0 aliphatic rings. The third-order valence-corrected chi connectivity index (χ3v) is 6.39. The minimum atomic E-state index is -0.807. The Morgan fingerprint density at radius 3 is 2.43 bits per heavy atom. The molecule has 5 aromatic rings. The number of benzene rings is 4. The maximum Gasteiger partial charge on any atom is 0.303 e. The third kappa shape index (κ3) is 4.69. The summed E-state index contributed by atoms with van der Waals surface area (Å²) >= 11 is 0. The van der Waals surface area contributed by atoms with E-state index in [1.165, 1.54) is 16.5 Å². The van der Waals surface area contributed by atoms with Crippen molar-refractivity contribution in [1.29, 1.82) is 0 Å². The van der Waals surface area contributed by atoms with E-state index in [1.807, 2.05) is 24.3 Å². The van der Waals surface area contributed by atoms with E-state index in [4.69, 9.17) is 4.74 Å². The number of ether oxygens (including phenoxy) is 1. The lowest BCUT2D eigenvalue weighted by molar-refractivity contribution is -0.136. The maximum atomic E-state index is 11.2. The van der Waals surface area contributed by atoms with E-state index >= 15 is 0 Å². The second-order valence-corrected chi connectivity index (χ2v) is 8.64. The lowest BCUT2D eigenvalue weighted by Gasteiger charge is -2.16. The fourth-order valence-electron chi connectivity index (χ4n) is 4.77. The van der Waals surface area contributed by atoms with Crippen LogP contribution >= 0.6 is 0 Å². The fourth-order valence-corrected chi connectivity index (χ4v) is 4.77. The molecule has 0 unspecified atom stereocenters. The van der Waals surface area contributed by atoms with E-state index in [0.29, 0.717) is 6.42 Å². The highest BCUT2D eigenvalue weighted by atomic mass is 16.5. The van der Waals surface area contributed by atoms with Gasteiger partial charge in [0.25, 0.3) is 0 Å². The molecular weight excluding hydrogens is 434 g/mol. The number of nitrogens with zero attached hydrogens (tertiary/aromatic N) is 1. The zero-order valence-electron chi connectivity index (χ0n) is 19.6. The molecule has 0 amide bonds. The number of aliphatic carboxylic acids is 1. The summed E-state index contributed by atoms with van der Waals surface area (Å²) in [4.78, 5) is 11.2. The van der Waals surface area contributed by atoms with E-state index in [0.717, 1.165) is 40.1 Å². The second kappa shape index (κ2) is 9.90. The Labute approximate surface area is 205 Å². The summed E-state index contributed by atoms with van der Waals surface area (Å²) in [5.74, 6) is -0.0610. The van der Waals surface area contributed by atoms with E-state index in [-0.39, 0.29) is 6.42 Å². The Balaban J connectivity index is 1.61. The number of carbonyl (C=O) groups is 1. The Hall–Kier alpha value is -4.31. The van der Waals surface area contributed by atoms with Crippen LogP contribution in [0.4, 0.5) is 0 Å². The van der Waals surface area contributed by atoms with Crippen molar-refractivity contribution in [2.24, 2.45) is 0 Å².